The van der Waals surface area contributed by atoms with Crippen LogP contribution in [0.25, 0.3) is 0 Å². The van der Waals surface area contributed by atoms with Gasteiger partial charge in [-0.2, -0.15) is 0 Å². The second-order valence-electron chi connectivity index (χ2n) is 9.01. The Kier molecular flexibility index (Phi) is 12.8. The number of benzene rings is 1. The zero-order chi connectivity index (χ0) is 23.9. The van der Waals surface area contributed by atoms with Crippen LogP contribution in [0.1, 0.15) is 83.6 Å². The van der Waals surface area contributed by atoms with E-state index in [1.807, 2.05) is 24.3 Å². The van der Waals surface area contributed by atoms with Crippen LogP contribution in [-0.2, 0) is 25.8 Å². The second-order valence-corrected chi connectivity index (χ2v) is 11.3. The van der Waals surface area contributed by atoms with Crippen LogP contribution >= 0.6 is 0 Å². The van der Waals surface area contributed by atoms with Crippen LogP contribution in [0.4, 0.5) is 0 Å². The molecule has 0 bridgehead atoms. The van der Waals surface area contributed by atoms with Crippen LogP contribution in [0.3, 0.4) is 0 Å². The number of ether oxygens (including phenoxy) is 2. The van der Waals surface area contributed by atoms with Gasteiger partial charge < -0.3 is 14.8 Å². The van der Waals surface area contributed by atoms with Gasteiger partial charge in [-0.3, -0.25) is 4.79 Å². The highest BCUT2D eigenvalue weighted by atomic mass is 32.2. The predicted molar refractivity (Wildman–Crippen MR) is 133 cm³/mol. The van der Waals surface area contributed by atoms with Crippen molar-refractivity contribution in [3.8, 4) is 5.75 Å². The lowest BCUT2D eigenvalue weighted by atomic mass is 10.0. The van der Waals surface area contributed by atoms with E-state index in [0.717, 1.165) is 50.0 Å². The van der Waals surface area contributed by atoms with E-state index in [1.54, 1.807) is 6.92 Å². The number of carbonyl (C=O) groups excluding carboxylic acids is 1. The van der Waals surface area contributed by atoms with Gasteiger partial charge in [-0.15, -0.1) is 0 Å². The van der Waals surface area contributed by atoms with Crippen LogP contribution in [0.15, 0.2) is 24.3 Å². The highest BCUT2D eigenvalue weighted by molar-refractivity contribution is 7.92. The van der Waals surface area contributed by atoms with E-state index >= 15 is 0 Å². The fraction of sp³-hybridized carbons (Fsp3) is 0.731. The summed E-state index contributed by atoms with van der Waals surface area (Å²) in [5.41, 5.74) is 0.792. The van der Waals surface area contributed by atoms with E-state index < -0.39 is 21.1 Å². The number of esters is 1. The summed E-state index contributed by atoms with van der Waals surface area (Å²) in [6, 6.07) is 7.93. The summed E-state index contributed by atoms with van der Waals surface area (Å²) >= 11 is 0. The maximum absolute atomic E-state index is 13.0. The predicted octanol–water partition coefficient (Wildman–Crippen LogP) is 4.85. The minimum absolute atomic E-state index is 0.0268. The van der Waals surface area contributed by atoms with E-state index in [1.165, 1.54) is 25.7 Å². The smallest absolute Gasteiger partial charge is 0.324 e. The van der Waals surface area contributed by atoms with Crippen molar-refractivity contribution in [2.75, 3.05) is 25.5 Å². The Labute approximate surface area is 200 Å². The van der Waals surface area contributed by atoms with Gasteiger partial charge in [0.2, 0.25) is 0 Å². The van der Waals surface area contributed by atoms with Gasteiger partial charge in [-0.25, -0.2) is 8.42 Å². The molecule has 2 atom stereocenters. The Morgan fingerprint density at radius 3 is 2.45 bits per heavy atom. The monoisotopic (exact) mass is 481 g/mol. The first-order valence-corrected chi connectivity index (χ1v) is 14.5. The molecule has 1 N–H and O–H groups in total. The Bertz CT molecular complexity index is 772. The lowest BCUT2D eigenvalue weighted by molar-refractivity contribution is -0.142. The van der Waals surface area contributed by atoms with Crippen LogP contribution in [0.2, 0.25) is 0 Å². The number of sulfone groups is 1. The van der Waals surface area contributed by atoms with Crippen molar-refractivity contribution in [2.45, 2.75) is 95.8 Å². The Balaban J connectivity index is 1.88. The Morgan fingerprint density at radius 2 is 1.79 bits per heavy atom. The topological polar surface area (TPSA) is 81.7 Å². The fourth-order valence-electron chi connectivity index (χ4n) is 4.24. The van der Waals surface area contributed by atoms with Crippen molar-refractivity contribution in [1.82, 2.24) is 5.32 Å². The van der Waals surface area contributed by atoms with Crippen LogP contribution in [0.5, 0.6) is 5.75 Å². The van der Waals surface area contributed by atoms with E-state index in [0.29, 0.717) is 19.1 Å². The van der Waals surface area contributed by atoms with Crippen molar-refractivity contribution in [3.63, 3.8) is 0 Å². The second kappa shape index (κ2) is 15.3. The molecule has 33 heavy (non-hydrogen) atoms. The molecule has 0 radical (unpaired) electrons. The molecule has 2 unspecified atom stereocenters. The largest absolute Gasteiger partial charge is 0.494 e. The molecule has 6 nitrogen and oxygen atoms in total. The van der Waals surface area contributed by atoms with Gasteiger partial charge in [0.1, 0.15) is 5.75 Å². The molecule has 1 heterocycles. The molecule has 1 aromatic rings. The van der Waals surface area contributed by atoms with Gasteiger partial charge in [0, 0.05) is 6.04 Å². The minimum atomic E-state index is -3.58. The maximum Gasteiger partial charge on any atom is 0.324 e. The third kappa shape index (κ3) is 10.5. The van der Waals surface area contributed by atoms with Crippen molar-refractivity contribution in [2.24, 2.45) is 0 Å². The van der Waals surface area contributed by atoms with Gasteiger partial charge >= 0.3 is 5.97 Å². The van der Waals surface area contributed by atoms with E-state index in [4.69, 9.17) is 9.47 Å². The molecule has 1 aliphatic heterocycles. The summed E-state index contributed by atoms with van der Waals surface area (Å²) in [6.45, 7) is 5.76. The van der Waals surface area contributed by atoms with Gasteiger partial charge in [0.15, 0.2) is 15.1 Å². The van der Waals surface area contributed by atoms with Gasteiger partial charge in [-0.1, -0.05) is 57.6 Å². The maximum atomic E-state index is 13.0. The number of piperidine rings is 1. The molecule has 1 fully saturated rings. The number of hydrogen-bond acceptors (Lipinski definition) is 6. The first kappa shape index (κ1) is 27.6. The molecule has 1 saturated heterocycles. The molecule has 0 saturated carbocycles. The molecule has 0 amide bonds. The molecular formula is C26H43NO5S. The van der Waals surface area contributed by atoms with Gasteiger partial charge in [0.25, 0.3) is 0 Å². The molecule has 1 aromatic carbocycles. The molecular weight excluding hydrogens is 438 g/mol. The number of unbranched alkanes of at least 4 members (excludes halogenated alkanes) is 5. The third-order valence-electron chi connectivity index (χ3n) is 6.26. The highest BCUT2D eigenvalue weighted by Gasteiger charge is 2.33. The summed E-state index contributed by atoms with van der Waals surface area (Å²) in [7, 11) is -3.58. The molecule has 0 aliphatic carbocycles. The van der Waals surface area contributed by atoms with Crippen LogP contribution < -0.4 is 10.1 Å². The lowest BCUT2D eigenvalue weighted by Gasteiger charge is -2.23. The molecule has 1 aliphatic rings. The molecule has 0 aromatic heterocycles. The standard InChI is InChI=1S/C26H43NO5S/c1-3-5-6-7-8-11-20-33(29,30)25(26(28)31-4-2)21-22-13-15-24(16-14-22)32-19-17-23-12-9-10-18-27-23/h13-16,23,25,27H,3-12,17-21H2,1-2H3. The highest BCUT2D eigenvalue weighted by Crippen LogP contribution is 2.19. The number of nitrogens with one attached hydrogen (secondary N) is 1. The molecule has 2 rings (SSSR count). The fourth-order valence-corrected chi connectivity index (χ4v) is 5.94. The van der Waals surface area contributed by atoms with E-state index in [9.17, 15) is 13.2 Å². The molecule has 7 heteroatoms. The SMILES string of the molecule is CCCCCCCCS(=O)(=O)C(Cc1ccc(OCCC2CCCCN2)cc1)C(=O)OCC. The summed E-state index contributed by atoms with van der Waals surface area (Å²) in [6.07, 6.45) is 10.8. The van der Waals surface area contributed by atoms with Gasteiger partial charge in [0.05, 0.1) is 19.0 Å². The first-order chi connectivity index (χ1) is 16.0. The zero-order valence-corrected chi connectivity index (χ0v) is 21.3. The quantitative estimate of drug-likeness (QED) is 0.269. The zero-order valence-electron chi connectivity index (χ0n) is 20.5. The van der Waals surface area contributed by atoms with Gasteiger partial charge in [-0.05, 0) is 63.3 Å². The third-order valence-corrected chi connectivity index (χ3v) is 8.34. The minimum Gasteiger partial charge on any atom is -0.494 e. The number of hydrogen-bond donors (Lipinski definition) is 1. The molecule has 188 valence electrons. The average molecular weight is 482 g/mol. The summed E-state index contributed by atoms with van der Waals surface area (Å²) < 4.78 is 36.9. The van der Waals surface area contributed by atoms with Crippen LogP contribution in [-0.4, -0.2) is 51.2 Å². The summed E-state index contributed by atoms with van der Waals surface area (Å²) in [5.74, 6) is 0.139. The van der Waals surface area contributed by atoms with Crippen molar-refractivity contribution in [1.29, 1.82) is 0 Å². The molecule has 0 spiro atoms. The summed E-state index contributed by atoms with van der Waals surface area (Å²) in [4.78, 5) is 12.5. The lowest BCUT2D eigenvalue weighted by Crippen LogP contribution is -2.35. The number of carbonyl (C=O) groups is 1. The van der Waals surface area contributed by atoms with Crippen molar-refractivity contribution < 1.29 is 22.7 Å². The van der Waals surface area contributed by atoms with E-state index in [2.05, 4.69) is 12.2 Å². The van der Waals surface area contributed by atoms with E-state index in [-0.39, 0.29) is 18.8 Å². The Hall–Kier alpha value is -1.60. The number of rotatable bonds is 16. The van der Waals surface area contributed by atoms with Crippen LogP contribution in [0, 0.1) is 0 Å². The normalized spacial score (nSPS) is 17.5. The average Bonchev–Trinajstić information content (AvgIpc) is 2.81. The van der Waals surface area contributed by atoms with Crippen molar-refractivity contribution in [3.05, 3.63) is 29.8 Å². The first-order valence-electron chi connectivity index (χ1n) is 12.8. The summed E-state index contributed by atoms with van der Waals surface area (Å²) in [5, 5.41) is 2.36. The Morgan fingerprint density at radius 1 is 1.06 bits per heavy atom. The van der Waals surface area contributed by atoms with Crippen molar-refractivity contribution >= 4 is 15.8 Å².